The van der Waals surface area contributed by atoms with Gasteiger partial charge in [-0.2, -0.15) is 0 Å². The van der Waals surface area contributed by atoms with Gasteiger partial charge in [-0.05, 0) is 36.3 Å². The number of anilines is 2. The summed E-state index contributed by atoms with van der Waals surface area (Å²) in [5.74, 6) is 0.423. The maximum absolute atomic E-state index is 12.0. The van der Waals surface area contributed by atoms with Crippen LogP contribution in [-0.4, -0.2) is 18.1 Å². The molecule has 1 aliphatic rings. The number of para-hydroxylation sites is 1. The third-order valence-electron chi connectivity index (χ3n) is 3.24. The van der Waals surface area contributed by atoms with Crippen LogP contribution in [0.4, 0.5) is 11.5 Å². The number of ether oxygens (including phenoxy) is 1. The molecule has 0 fully saturated rings. The number of allylic oxidation sites excluding steroid dienone is 1. The van der Waals surface area contributed by atoms with Crippen LogP contribution in [0.15, 0.2) is 60.4 Å². The van der Waals surface area contributed by atoms with Crippen LogP contribution in [0, 0.1) is 0 Å². The number of rotatable bonds is 2. The maximum Gasteiger partial charge on any atom is 0.354 e. The van der Waals surface area contributed by atoms with E-state index in [0.717, 1.165) is 17.1 Å². The Kier molecular flexibility index (Phi) is 3.21. The fraction of sp³-hybridized carbons (Fsp3) is 0.125. The lowest BCUT2D eigenvalue weighted by molar-refractivity contribution is -0.136. The summed E-state index contributed by atoms with van der Waals surface area (Å²) in [6.45, 7) is 0. The summed E-state index contributed by atoms with van der Waals surface area (Å²) in [7, 11) is 1.39. The lowest BCUT2D eigenvalue weighted by Crippen LogP contribution is -2.28. The Morgan fingerprint density at radius 3 is 2.75 bits per heavy atom. The second kappa shape index (κ2) is 5.17. The van der Waals surface area contributed by atoms with Crippen LogP contribution in [0.5, 0.6) is 0 Å². The number of nitrogens with zero attached hydrogens (tertiary/aromatic N) is 2. The van der Waals surface area contributed by atoms with Crippen molar-refractivity contribution in [1.29, 1.82) is 0 Å². The first-order chi connectivity index (χ1) is 9.81. The number of hydrogen-bond acceptors (Lipinski definition) is 4. The first-order valence-electron chi connectivity index (χ1n) is 6.39. The molecule has 2 heterocycles. The van der Waals surface area contributed by atoms with Crippen LogP contribution in [0.3, 0.4) is 0 Å². The SMILES string of the molecule is COC(=O)C1=CCc2cccnc2N1c1ccccc1. The molecule has 4 nitrogen and oxygen atoms in total. The standard InChI is InChI=1S/C16H14N2O2/c1-20-16(19)14-10-9-12-6-5-11-17-15(12)18(14)13-7-3-2-4-8-13/h2-8,10-11H,9H2,1H3. The van der Waals surface area contributed by atoms with Crippen molar-refractivity contribution in [3.05, 3.63) is 66.0 Å². The number of aromatic nitrogens is 1. The molecule has 0 unspecified atom stereocenters. The molecule has 0 saturated heterocycles. The van der Waals surface area contributed by atoms with Crippen molar-refractivity contribution in [3.8, 4) is 0 Å². The van der Waals surface area contributed by atoms with Crippen molar-refractivity contribution < 1.29 is 9.53 Å². The molecule has 0 bridgehead atoms. The van der Waals surface area contributed by atoms with Gasteiger partial charge in [0.25, 0.3) is 0 Å². The largest absolute Gasteiger partial charge is 0.464 e. The minimum Gasteiger partial charge on any atom is -0.464 e. The van der Waals surface area contributed by atoms with Gasteiger partial charge in [-0.1, -0.05) is 24.3 Å². The van der Waals surface area contributed by atoms with Gasteiger partial charge in [0.05, 0.1) is 7.11 Å². The zero-order chi connectivity index (χ0) is 13.9. The van der Waals surface area contributed by atoms with Gasteiger partial charge in [0, 0.05) is 11.9 Å². The average Bonchev–Trinajstić information content (AvgIpc) is 2.53. The highest BCUT2D eigenvalue weighted by Crippen LogP contribution is 2.34. The molecule has 0 amide bonds. The molecular formula is C16H14N2O2. The highest BCUT2D eigenvalue weighted by atomic mass is 16.5. The van der Waals surface area contributed by atoms with Gasteiger partial charge in [0.15, 0.2) is 0 Å². The number of carbonyl (C=O) groups is 1. The summed E-state index contributed by atoms with van der Waals surface area (Å²) < 4.78 is 4.88. The van der Waals surface area contributed by atoms with Crippen molar-refractivity contribution in [2.45, 2.75) is 6.42 Å². The van der Waals surface area contributed by atoms with Gasteiger partial charge in [-0.3, -0.25) is 4.90 Å². The summed E-state index contributed by atoms with van der Waals surface area (Å²) in [6, 6.07) is 13.6. The van der Waals surface area contributed by atoms with Gasteiger partial charge in [-0.15, -0.1) is 0 Å². The Balaban J connectivity index is 2.15. The fourth-order valence-electron chi connectivity index (χ4n) is 2.32. The highest BCUT2D eigenvalue weighted by Gasteiger charge is 2.27. The number of fused-ring (bicyclic) bond motifs is 1. The molecule has 100 valence electrons. The Labute approximate surface area is 117 Å². The Hall–Kier alpha value is -2.62. The zero-order valence-electron chi connectivity index (χ0n) is 11.1. The molecular weight excluding hydrogens is 252 g/mol. The number of esters is 1. The molecule has 3 rings (SSSR count). The summed E-state index contributed by atoms with van der Waals surface area (Å²) in [6.07, 6.45) is 4.29. The predicted molar refractivity (Wildman–Crippen MR) is 76.6 cm³/mol. The molecule has 0 N–H and O–H groups in total. The van der Waals surface area contributed by atoms with E-state index in [1.807, 2.05) is 53.4 Å². The van der Waals surface area contributed by atoms with Gasteiger partial charge in [0.1, 0.15) is 11.5 Å². The van der Waals surface area contributed by atoms with E-state index < -0.39 is 0 Å². The molecule has 2 aromatic rings. The van der Waals surface area contributed by atoms with Gasteiger partial charge >= 0.3 is 5.97 Å². The van der Waals surface area contributed by atoms with E-state index in [1.54, 1.807) is 6.20 Å². The lowest BCUT2D eigenvalue weighted by Gasteiger charge is -2.29. The third-order valence-corrected chi connectivity index (χ3v) is 3.24. The highest BCUT2D eigenvalue weighted by molar-refractivity contribution is 5.96. The molecule has 1 aromatic heterocycles. The van der Waals surface area contributed by atoms with E-state index in [1.165, 1.54) is 7.11 Å². The molecule has 0 spiro atoms. The first kappa shape index (κ1) is 12.4. The monoisotopic (exact) mass is 266 g/mol. The van der Waals surface area contributed by atoms with Gasteiger partial charge in [-0.25, -0.2) is 9.78 Å². The van der Waals surface area contributed by atoms with E-state index in [-0.39, 0.29) is 5.97 Å². The number of hydrogen-bond donors (Lipinski definition) is 0. The minimum absolute atomic E-state index is 0.356. The van der Waals surface area contributed by atoms with E-state index in [0.29, 0.717) is 12.1 Å². The number of carbonyl (C=O) groups excluding carboxylic acids is 1. The number of methoxy groups -OCH3 is 1. The van der Waals surface area contributed by atoms with E-state index >= 15 is 0 Å². The van der Waals surface area contributed by atoms with Crippen molar-refractivity contribution in [2.75, 3.05) is 12.0 Å². The number of pyridine rings is 1. The quantitative estimate of drug-likeness (QED) is 0.784. The van der Waals surface area contributed by atoms with Crippen molar-refractivity contribution >= 4 is 17.5 Å². The molecule has 0 radical (unpaired) electrons. The van der Waals surface area contributed by atoms with Crippen molar-refractivity contribution in [2.24, 2.45) is 0 Å². The minimum atomic E-state index is -0.356. The normalized spacial score (nSPS) is 13.4. The van der Waals surface area contributed by atoms with Crippen LogP contribution in [0.1, 0.15) is 5.56 Å². The van der Waals surface area contributed by atoms with Crippen LogP contribution >= 0.6 is 0 Å². The molecule has 0 atom stereocenters. The second-order valence-corrected chi connectivity index (χ2v) is 4.44. The Morgan fingerprint density at radius 1 is 1.20 bits per heavy atom. The summed E-state index contributed by atoms with van der Waals surface area (Å²) in [4.78, 5) is 18.3. The number of benzene rings is 1. The summed E-state index contributed by atoms with van der Waals surface area (Å²) in [5, 5.41) is 0. The predicted octanol–water partition coefficient (Wildman–Crippen LogP) is 2.83. The molecule has 1 aromatic carbocycles. The van der Waals surface area contributed by atoms with Crippen molar-refractivity contribution in [1.82, 2.24) is 4.98 Å². The second-order valence-electron chi connectivity index (χ2n) is 4.44. The smallest absolute Gasteiger partial charge is 0.354 e. The zero-order valence-corrected chi connectivity index (χ0v) is 11.1. The maximum atomic E-state index is 12.0. The van der Waals surface area contributed by atoms with Gasteiger partial charge in [0.2, 0.25) is 0 Å². The van der Waals surface area contributed by atoms with E-state index in [9.17, 15) is 4.79 Å². The molecule has 20 heavy (non-hydrogen) atoms. The molecule has 1 aliphatic heterocycles. The Bertz CT molecular complexity index is 665. The summed E-state index contributed by atoms with van der Waals surface area (Å²) in [5.41, 5.74) is 2.48. The fourth-order valence-corrected chi connectivity index (χ4v) is 2.32. The van der Waals surface area contributed by atoms with Crippen LogP contribution in [0.25, 0.3) is 0 Å². The molecule has 4 heteroatoms. The average molecular weight is 266 g/mol. The lowest BCUT2D eigenvalue weighted by atomic mass is 10.1. The topological polar surface area (TPSA) is 42.4 Å². The van der Waals surface area contributed by atoms with Crippen LogP contribution in [0.2, 0.25) is 0 Å². The van der Waals surface area contributed by atoms with Crippen LogP contribution in [-0.2, 0) is 16.0 Å². The third kappa shape index (κ3) is 2.05. The first-order valence-corrected chi connectivity index (χ1v) is 6.39. The van der Waals surface area contributed by atoms with Gasteiger partial charge < -0.3 is 4.74 Å². The van der Waals surface area contributed by atoms with E-state index in [2.05, 4.69) is 4.98 Å². The summed E-state index contributed by atoms with van der Waals surface area (Å²) >= 11 is 0. The van der Waals surface area contributed by atoms with Crippen molar-refractivity contribution in [3.63, 3.8) is 0 Å². The van der Waals surface area contributed by atoms with E-state index in [4.69, 9.17) is 4.74 Å². The van der Waals surface area contributed by atoms with Crippen LogP contribution < -0.4 is 4.90 Å². The Morgan fingerprint density at radius 2 is 2.00 bits per heavy atom. The molecule has 0 saturated carbocycles. The molecule has 0 aliphatic carbocycles.